The summed E-state index contributed by atoms with van der Waals surface area (Å²) in [5.41, 5.74) is 5.44. The standard InChI is InChI=1S/C13H25N3O2S/c1-3-11-10-18-9-8-16(11)7-5-13(17)15(2)6-4-12(14)19/h11H,3-10H2,1-2H3,(H2,14,19). The van der Waals surface area contributed by atoms with Crippen LogP contribution in [-0.2, 0) is 9.53 Å². The molecule has 1 aliphatic heterocycles. The second-order valence-electron chi connectivity index (χ2n) is 4.95. The van der Waals surface area contributed by atoms with Gasteiger partial charge in [0, 0.05) is 45.6 Å². The van der Waals surface area contributed by atoms with Crippen LogP contribution < -0.4 is 5.73 Å². The summed E-state index contributed by atoms with van der Waals surface area (Å²) < 4.78 is 5.46. The molecule has 2 N–H and O–H groups in total. The summed E-state index contributed by atoms with van der Waals surface area (Å²) in [5.74, 6) is 0.151. The van der Waals surface area contributed by atoms with Crippen molar-refractivity contribution in [3.05, 3.63) is 0 Å². The maximum Gasteiger partial charge on any atom is 0.223 e. The molecule has 19 heavy (non-hydrogen) atoms. The monoisotopic (exact) mass is 287 g/mol. The molecule has 0 saturated carbocycles. The molecule has 1 unspecified atom stereocenters. The molecule has 0 spiro atoms. The lowest BCUT2D eigenvalue weighted by Crippen LogP contribution is -2.46. The molecule has 5 nitrogen and oxygen atoms in total. The fourth-order valence-corrected chi connectivity index (χ4v) is 2.28. The van der Waals surface area contributed by atoms with Gasteiger partial charge in [-0.3, -0.25) is 9.69 Å². The maximum atomic E-state index is 12.0. The van der Waals surface area contributed by atoms with Gasteiger partial charge < -0.3 is 15.4 Å². The lowest BCUT2D eigenvalue weighted by molar-refractivity contribution is -0.130. The first-order chi connectivity index (χ1) is 9.04. The minimum atomic E-state index is 0.151. The van der Waals surface area contributed by atoms with E-state index >= 15 is 0 Å². The van der Waals surface area contributed by atoms with Gasteiger partial charge in [0.25, 0.3) is 0 Å². The van der Waals surface area contributed by atoms with Crippen molar-refractivity contribution in [2.24, 2.45) is 5.73 Å². The smallest absolute Gasteiger partial charge is 0.223 e. The molecule has 1 atom stereocenters. The average Bonchev–Trinajstić information content (AvgIpc) is 2.42. The third kappa shape index (κ3) is 5.84. The van der Waals surface area contributed by atoms with Crippen molar-refractivity contribution in [2.45, 2.75) is 32.2 Å². The maximum absolute atomic E-state index is 12.0. The van der Waals surface area contributed by atoms with Gasteiger partial charge in [-0.05, 0) is 6.42 Å². The number of ether oxygens (including phenoxy) is 1. The highest BCUT2D eigenvalue weighted by Crippen LogP contribution is 2.11. The van der Waals surface area contributed by atoms with Gasteiger partial charge in [0.15, 0.2) is 0 Å². The van der Waals surface area contributed by atoms with Crippen molar-refractivity contribution >= 4 is 23.1 Å². The molecule has 1 fully saturated rings. The van der Waals surface area contributed by atoms with Gasteiger partial charge in [-0.25, -0.2) is 0 Å². The van der Waals surface area contributed by atoms with E-state index in [9.17, 15) is 4.79 Å². The molecule has 1 amide bonds. The van der Waals surface area contributed by atoms with E-state index in [-0.39, 0.29) is 5.91 Å². The largest absolute Gasteiger partial charge is 0.393 e. The summed E-state index contributed by atoms with van der Waals surface area (Å²) in [5, 5.41) is 0. The first kappa shape index (κ1) is 16.3. The van der Waals surface area contributed by atoms with E-state index in [1.54, 1.807) is 11.9 Å². The molecule has 1 heterocycles. The predicted octanol–water partition coefficient (Wildman–Crippen LogP) is 0.622. The number of morpholine rings is 1. The molecule has 1 saturated heterocycles. The molecular formula is C13H25N3O2S. The first-order valence-electron chi connectivity index (χ1n) is 6.88. The Hall–Kier alpha value is -0.720. The second kappa shape index (κ2) is 8.45. The average molecular weight is 287 g/mol. The summed E-state index contributed by atoms with van der Waals surface area (Å²) in [6.07, 6.45) is 2.20. The highest BCUT2D eigenvalue weighted by Gasteiger charge is 2.22. The van der Waals surface area contributed by atoms with Crippen LogP contribution in [0.1, 0.15) is 26.2 Å². The Morgan fingerprint density at radius 2 is 2.26 bits per heavy atom. The van der Waals surface area contributed by atoms with Crippen molar-refractivity contribution in [1.29, 1.82) is 0 Å². The van der Waals surface area contributed by atoms with Crippen molar-refractivity contribution < 1.29 is 9.53 Å². The van der Waals surface area contributed by atoms with Crippen LogP contribution in [0.4, 0.5) is 0 Å². The highest BCUT2D eigenvalue weighted by atomic mass is 32.1. The van der Waals surface area contributed by atoms with Crippen molar-refractivity contribution in [2.75, 3.05) is 39.9 Å². The minimum absolute atomic E-state index is 0.151. The molecule has 0 aliphatic carbocycles. The Morgan fingerprint density at radius 3 is 2.89 bits per heavy atom. The van der Waals surface area contributed by atoms with E-state index in [0.29, 0.717) is 30.4 Å². The predicted molar refractivity (Wildman–Crippen MR) is 80.1 cm³/mol. The van der Waals surface area contributed by atoms with Gasteiger partial charge in [-0.1, -0.05) is 19.1 Å². The lowest BCUT2D eigenvalue weighted by Gasteiger charge is -2.35. The van der Waals surface area contributed by atoms with Crippen LogP contribution in [0, 0.1) is 0 Å². The summed E-state index contributed by atoms with van der Waals surface area (Å²) in [6.45, 7) is 6.03. The van der Waals surface area contributed by atoms with Crippen LogP contribution in [0.2, 0.25) is 0 Å². The number of rotatable bonds is 7. The molecule has 0 radical (unpaired) electrons. The van der Waals surface area contributed by atoms with Gasteiger partial charge in [-0.15, -0.1) is 0 Å². The number of hydrogen-bond acceptors (Lipinski definition) is 4. The third-order valence-electron chi connectivity index (χ3n) is 3.55. The fourth-order valence-electron chi connectivity index (χ4n) is 2.19. The number of nitrogens with zero attached hydrogens (tertiary/aromatic N) is 2. The fraction of sp³-hybridized carbons (Fsp3) is 0.846. The number of hydrogen-bond donors (Lipinski definition) is 1. The van der Waals surface area contributed by atoms with E-state index in [2.05, 4.69) is 11.8 Å². The molecule has 0 aromatic rings. The Kier molecular flexibility index (Phi) is 7.27. The summed E-state index contributed by atoms with van der Waals surface area (Å²) in [6, 6.07) is 0.448. The summed E-state index contributed by atoms with van der Waals surface area (Å²) in [4.78, 5) is 16.5. The molecule has 0 bridgehead atoms. The Balaban J connectivity index is 2.29. The zero-order chi connectivity index (χ0) is 14.3. The molecule has 110 valence electrons. The van der Waals surface area contributed by atoms with Gasteiger partial charge in [0.05, 0.1) is 18.2 Å². The van der Waals surface area contributed by atoms with Crippen molar-refractivity contribution in [3.8, 4) is 0 Å². The Morgan fingerprint density at radius 1 is 1.53 bits per heavy atom. The Bertz CT molecular complexity index is 312. The highest BCUT2D eigenvalue weighted by molar-refractivity contribution is 7.80. The lowest BCUT2D eigenvalue weighted by atomic mass is 10.1. The normalized spacial score (nSPS) is 20.2. The van der Waals surface area contributed by atoms with Gasteiger partial charge in [-0.2, -0.15) is 0 Å². The molecule has 0 aromatic carbocycles. The number of amides is 1. The van der Waals surface area contributed by atoms with E-state index in [0.717, 1.165) is 32.7 Å². The van der Waals surface area contributed by atoms with Crippen molar-refractivity contribution in [1.82, 2.24) is 9.80 Å². The summed E-state index contributed by atoms with van der Waals surface area (Å²) >= 11 is 4.82. The third-order valence-corrected chi connectivity index (χ3v) is 3.76. The number of thiocarbonyl (C=S) groups is 1. The van der Waals surface area contributed by atoms with E-state index in [4.69, 9.17) is 22.7 Å². The number of carbonyl (C=O) groups is 1. The van der Waals surface area contributed by atoms with Crippen LogP contribution in [0.5, 0.6) is 0 Å². The Labute approximate surface area is 121 Å². The van der Waals surface area contributed by atoms with Gasteiger partial charge >= 0.3 is 0 Å². The summed E-state index contributed by atoms with van der Waals surface area (Å²) in [7, 11) is 1.80. The van der Waals surface area contributed by atoms with E-state index in [1.807, 2.05) is 0 Å². The second-order valence-corrected chi connectivity index (χ2v) is 5.48. The van der Waals surface area contributed by atoms with Gasteiger partial charge in [0.2, 0.25) is 5.91 Å². The molecule has 6 heteroatoms. The minimum Gasteiger partial charge on any atom is -0.393 e. The van der Waals surface area contributed by atoms with E-state index < -0.39 is 0 Å². The quantitative estimate of drug-likeness (QED) is 0.696. The topological polar surface area (TPSA) is 58.8 Å². The zero-order valence-corrected chi connectivity index (χ0v) is 12.7. The van der Waals surface area contributed by atoms with E-state index in [1.165, 1.54) is 0 Å². The zero-order valence-electron chi connectivity index (χ0n) is 11.9. The molecule has 1 aliphatic rings. The van der Waals surface area contributed by atoms with Crippen LogP contribution >= 0.6 is 12.2 Å². The SMILES string of the molecule is CCC1COCCN1CCC(=O)N(C)CCC(N)=S. The van der Waals surface area contributed by atoms with Crippen LogP contribution in [0.3, 0.4) is 0 Å². The molecular weight excluding hydrogens is 262 g/mol. The number of carbonyl (C=O) groups excluding carboxylic acids is 1. The first-order valence-corrected chi connectivity index (χ1v) is 7.29. The molecule has 1 rings (SSSR count). The van der Waals surface area contributed by atoms with Gasteiger partial charge in [0.1, 0.15) is 0 Å². The van der Waals surface area contributed by atoms with Crippen LogP contribution in [0.25, 0.3) is 0 Å². The number of nitrogens with two attached hydrogens (primary N) is 1. The van der Waals surface area contributed by atoms with Crippen LogP contribution in [0.15, 0.2) is 0 Å². The van der Waals surface area contributed by atoms with Crippen molar-refractivity contribution in [3.63, 3.8) is 0 Å². The molecule has 0 aromatic heterocycles. The van der Waals surface area contributed by atoms with Crippen LogP contribution in [-0.4, -0.2) is 66.6 Å².